The van der Waals surface area contributed by atoms with Gasteiger partial charge in [0, 0.05) is 15.9 Å². The Morgan fingerprint density at radius 1 is 1.43 bits per heavy atom. The first-order valence-corrected chi connectivity index (χ1v) is 5.49. The van der Waals surface area contributed by atoms with E-state index in [1.807, 2.05) is 0 Å². The van der Waals surface area contributed by atoms with Gasteiger partial charge in [-0.05, 0) is 30.5 Å². The van der Waals surface area contributed by atoms with Crippen LogP contribution in [0, 0.1) is 0 Å². The van der Waals surface area contributed by atoms with E-state index in [0.29, 0.717) is 5.92 Å². The van der Waals surface area contributed by atoms with E-state index in [1.165, 1.54) is 5.56 Å². The van der Waals surface area contributed by atoms with Crippen LogP contribution in [-0.2, 0) is 0 Å². The summed E-state index contributed by atoms with van der Waals surface area (Å²) >= 11 is 3.43. The fourth-order valence-electron chi connectivity index (χ4n) is 1.86. The van der Waals surface area contributed by atoms with Gasteiger partial charge in [-0.1, -0.05) is 35.0 Å². The van der Waals surface area contributed by atoms with Crippen molar-refractivity contribution in [2.45, 2.75) is 31.2 Å². The summed E-state index contributed by atoms with van der Waals surface area (Å²) in [6.07, 6.45) is 2.22. The van der Waals surface area contributed by atoms with Crippen LogP contribution in [0.2, 0.25) is 0 Å². The molecule has 1 saturated carbocycles. The normalized spacial score (nSPS) is 29.5. The lowest BCUT2D eigenvalue weighted by atomic mass is 10.1. The van der Waals surface area contributed by atoms with E-state index in [1.54, 1.807) is 0 Å². The largest absolute Gasteiger partial charge is 0.325 e. The summed E-state index contributed by atoms with van der Waals surface area (Å²) in [5.41, 5.74) is 7.62. The Morgan fingerprint density at radius 2 is 2.00 bits per heavy atom. The average Bonchev–Trinajstić information content (AvgIpc) is 2.81. The highest BCUT2D eigenvalue weighted by Gasteiger charge is 2.49. The molecule has 0 saturated heterocycles. The minimum Gasteiger partial charge on any atom is -0.325 e. The zero-order valence-corrected chi connectivity index (χ0v) is 10.6. The van der Waals surface area contributed by atoms with Crippen LogP contribution in [0.5, 0.6) is 0 Å². The Bertz CT molecular complexity index is 312. The molecule has 1 nitrogen and oxygen atoms in total. The molecule has 0 amide bonds. The first-order chi connectivity index (χ1) is 6.15. The number of hydrogen-bond acceptors (Lipinski definition) is 1. The molecule has 78 valence electrons. The van der Waals surface area contributed by atoms with E-state index in [9.17, 15) is 0 Å². The molecule has 14 heavy (non-hydrogen) atoms. The molecule has 1 aromatic carbocycles. The lowest BCUT2D eigenvalue weighted by Gasteiger charge is -2.07. The van der Waals surface area contributed by atoms with Gasteiger partial charge in [0.25, 0.3) is 0 Å². The number of rotatable bonds is 2. The minimum absolute atomic E-state index is 0. The second-order valence-electron chi connectivity index (χ2n) is 3.89. The van der Waals surface area contributed by atoms with Crippen molar-refractivity contribution in [2.75, 3.05) is 0 Å². The molecule has 0 aromatic heterocycles. The molecule has 1 aliphatic rings. The van der Waals surface area contributed by atoms with Crippen molar-refractivity contribution in [2.24, 2.45) is 5.73 Å². The highest BCUT2D eigenvalue weighted by atomic mass is 79.9. The van der Waals surface area contributed by atoms with Gasteiger partial charge >= 0.3 is 0 Å². The van der Waals surface area contributed by atoms with Crippen molar-refractivity contribution < 1.29 is 0 Å². The number of nitrogens with two attached hydrogens (primary N) is 1. The van der Waals surface area contributed by atoms with E-state index >= 15 is 0 Å². The molecule has 1 fully saturated rings. The van der Waals surface area contributed by atoms with Crippen LogP contribution in [-0.4, -0.2) is 5.54 Å². The van der Waals surface area contributed by atoms with Crippen LogP contribution in [0.4, 0.5) is 0 Å². The Kier molecular flexibility index (Phi) is 3.62. The third-order valence-electron chi connectivity index (χ3n) is 3.05. The van der Waals surface area contributed by atoms with Crippen molar-refractivity contribution in [1.29, 1.82) is 0 Å². The van der Waals surface area contributed by atoms with Crippen LogP contribution in [0.1, 0.15) is 31.2 Å². The monoisotopic (exact) mass is 275 g/mol. The quantitative estimate of drug-likeness (QED) is 0.879. The van der Waals surface area contributed by atoms with Crippen LogP contribution in [0.25, 0.3) is 0 Å². The van der Waals surface area contributed by atoms with E-state index in [2.05, 4.69) is 47.1 Å². The number of halogens is 2. The van der Waals surface area contributed by atoms with Crippen molar-refractivity contribution >= 4 is 28.3 Å². The fourth-order valence-corrected chi connectivity index (χ4v) is 2.12. The highest BCUT2D eigenvalue weighted by Crippen LogP contribution is 2.51. The van der Waals surface area contributed by atoms with Gasteiger partial charge in [0.15, 0.2) is 0 Å². The summed E-state index contributed by atoms with van der Waals surface area (Å²) in [5.74, 6) is 0.589. The highest BCUT2D eigenvalue weighted by molar-refractivity contribution is 9.10. The summed E-state index contributed by atoms with van der Waals surface area (Å²) in [6, 6.07) is 8.51. The van der Waals surface area contributed by atoms with Crippen LogP contribution < -0.4 is 5.73 Å². The molecular formula is C11H15BrClN. The summed E-state index contributed by atoms with van der Waals surface area (Å²) in [7, 11) is 0. The zero-order valence-electron chi connectivity index (χ0n) is 8.16. The Labute approximate surface area is 99.6 Å². The van der Waals surface area contributed by atoms with Gasteiger partial charge in [-0.15, -0.1) is 12.4 Å². The molecule has 0 bridgehead atoms. The lowest BCUT2D eigenvalue weighted by molar-refractivity contribution is 0.626. The lowest BCUT2D eigenvalue weighted by Crippen LogP contribution is -2.22. The first-order valence-electron chi connectivity index (χ1n) is 4.70. The minimum atomic E-state index is 0. The van der Waals surface area contributed by atoms with Gasteiger partial charge in [-0.2, -0.15) is 0 Å². The fraction of sp³-hybridized carbons (Fsp3) is 0.455. The van der Waals surface area contributed by atoms with Gasteiger partial charge in [-0.25, -0.2) is 0 Å². The molecule has 1 aliphatic carbocycles. The molecule has 2 rings (SSSR count). The third-order valence-corrected chi connectivity index (χ3v) is 3.58. The van der Waals surface area contributed by atoms with Crippen molar-refractivity contribution in [3.63, 3.8) is 0 Å². The topological polar surface area (TPSA) is 26.0 Å². The molecule has 0 aliphatic heterocycles. The molecule has 3 heteroatoms. The van der Waals surface area contributed by atoms with Gasteiger partial charge in [-0.3, -0.25) is 0 Å². The first kappa shape index (κ1) is 12.0. The smallest absolute Gasteiger partial charge is 0.0228 e. The van der Waals surface area contributed by atoms with E-state index in [0.717, 1.165) is 17.3 Å². The van der Waals surface area contributed by atoms with E-state index in [-0.39, 0.29) is 17.9 Å². The molecular weight excluding hydrogens is 261 g/mol. The maximum Gasteiger partial charge on any atom is 0.0228 e. The van der Waals surface area contributed by atoms with Crippen molar-refractivity contribution in [3.8, 4) is 0 Å². The van der Waals surface area contributed by atoms with Crippen molar-refractivity contribution in [3.05, 3.63) is 34.3 Å². The second-order valence-corrected chi connectivity index (χ2v) is 4.81. The Balaban J connectivity index is 0.000000980. The van der Waals surface area contributed by atoms with E-state index < -0.39 is 0 Å². The number of benzene rings is 1. The molecule has 2 atom stereocenters. The van der Waals surface area contributed by atoms with Gasteiger partial charge in [0.05, 0.1) is 0 Å². The van der Waals surface area contributed by atoms with Gasteiger partial charge in [0.1, 0.15) is 0 Å². The predicted octanol–water partition coefficient (Wildman–Crippen LogP) is 3.47. The molecule has 0 unspecified atom stereocenters. The van der Waals surface area contributed by atoms with Crippen LogP contribution in [0.3, 0.4) is 0 Å². The maximum absolute atomic E-state index is 6.15. The van der Waals surface area contributed by atoms with Gasteiger partial charge < -0.3 is 5.73 Å². The third kappa shape index (κ3) is 2.13. The molecule has 0 radical (unpaired) electrons. The molecule has 0 spiro atoms. The average molecular weight is 277 g/mol. The molecule has 2 N–H and O–H groups in total. The molecule has 1 aromatic rings. The standard InChI is InChI=1S/C11H14BrN.ClH/c1-2-11(13)7-10(11)8-3-5-9(12)6-4-8;/h3-6,10H,2,7,13H2,1H3;1H/t10-,11+;/m1./s1. The zero-order chi connectivity index (χ0) is 9.47. The number of hydrogen-bond donors (Lipinski definition) is 1. The summed E-state index contributed by atoms with van der Waals surface area (Å²) in [6.45, 7) is 2.17. The predicted molar refractivity (Wildman–Crippen MR) is 66.0 cm³/mol. The van der Waals surface area contributed by atoms with Crippen molar-refractivity contribution in [1.82, 2.24) is 0 Å². The summed E-state index contributed by atoms with van der Waals surface area (Å²) < 4.78 is 1.14. The maximum atomic E-state index is 6.15. The summed E-state index contributed by atoms with van der Waals surface area (Å²) in [5, 5.41) is 0. The van der Waals surface area contributed by atoms with Crippen LogP contribution >= 0.6 is 28.3 Å². The molecule has 0 heterocycles. The van der Waals surface area contributed by atoms with E-state index in [4.69, 9.17) is 5.73 Å². The SMILES string of the molecule is CC[C@]1(N)C[C@@H]1c1ccc(Br)cc1.Cl. The summed E-state index contributed by atoms with van der Waals surface area (Å²) in [4.78, 5) is 0. The second kappa shape index (κ2) is 4.21. The Morgan fingerprint density at radius 3 is 2.43 bits per heavy atom. The van der Waals surface area contributed by atoms with Gasteiger partial charge in [0.2, 0.25) is 0 Å². The Hall–Kier alpha value is -0.0500. The van der Waals surface area contributed by atoms with Crippen LogP contribution in [0.15, 0.2) is 28.7 Å².